The Hall–Kier alpha value is -0.800. The lowest BCUT2D eigenvalue weighted by molar-refractivity contribution is 0.242. The Kier molecular flexibility index (Phi) is 4.92. The molecule has 20 heavy (non-hydrogen) atoms. The van der Waals surface area contributed by atoms with Crippen molar-refractivity contribution in [2.75, 3.05) is 13.1 Å². The fourth-order valence-corrected chi connectivity index (χ4v) is 2.38. The maximum Gasteiger partial charge on any atom is 0.120 e. The van der Waals surface area contributed by atoms with Crippen LogP contribution in [0.2, 0.25) is 0 Å². The first-order chi connectivity index (χ1) is 9.37. The van der Waals surface area contributed by atoms with Crippen molar-refractivity contribution in [3.05, 3.63) is 23.2 Å². The highest BCUT2D eigenvalue weighted by Gasteiger charge is 2.24. The lowest BCUT2D eigenvalue weighted by Gasteiger charge is -2.20. The molecule has 0 aromatic carbocycles. The molecule has 0 unspecified atom stereocenters. The van der Waals surface area contributed by atoms with Crippen LogP contribution in [0.4, 0.5) is 0 Å². The SMILES string of the molecule is CCN(Cc1cc(C)c(CNC(C)(C)C)o1)CC1CC1. The summed E-state index contributed by atoms with van der Waals surface area (Å²) in [4.78, 5) is 2.50. The Morgan fingerprint density at radius 3 is 2.60 bits per heavy atom. The maximum absolute atomic E-state index is 6.04. The van der Waals surface area contributed by atoms with Crippen molar-refractivity contribution in [3.63, 3.8) is 0 Å². The molecule has 1 saturated carbocycles. The van der Waals surface area contributed by atoms with Gasteiger partial charge < -0.3 is 9.73 Å². The van der Waals surface area contributed by atoms with E-state index >= 15 is 0 Å². The second-order valence-electron chi connectivity index (χ2n) is 7.19. The molecule has 1 N–H and O–H groups in total. The molecule has 114 valence electrons. The van der Waals surface area contributed by atoms with Crippen molar-refractivity contribution in [3.8, 4) is 0 Å². The normalized spacial score (nSPS) is 16.1. The molecule has 3 heteroatoms. The Bertz CT molecular complexity index is 427. The average Bonchev–Trinajstić information content (AvgIpc) is 3.09. The van der Waals surface area contributed by atoms with E-state index in [4.69, 9.17) is 4.42 Å². The monoisotopic (exact) mass is 278 g/mol. The van der Waals surface area contributed by atoms with Gasteiger partial charge in [0.1, 0.15) is 11.5 Å². The largest absolute Gasteiger partial charge is 0.463 e. The molecule has 0 bridgehead atoms. The average molecular weight is 278 g/mol. The van der Waals surface area contributed by atoms with Gasteiger partial charge in [0.15, 0.2) is 0 Å². The molecule has 0 aliphatic heterocycles. The molecule has 2 rings (SSSR count). The lowest BCUT2D eigenvalue weighted by Crippen LogP contribution is -2.35. The first-order valence-corrected chi connectivity index (χ1v) is 7.93. The van der Waals surface area contributed by atoms with Gasteiger partial charge in [-0.1, -0.05) is 6.92 Å². The van der Waals surface area contributed by atoms with Gasteiger partial charge in [0.05, 0.1) is 13.1 Å². The molecule has 0 radical (unpaired) electrons. The number of nitrogens with one attached hydrogen (secondary N) is 1. The molecular weight excluding hydrogens is 248 g/mol. The predicted molar refractivity (Wildman–Crippen MR) is 83.7 cm³/mol. The topological polar surface area (TPSA) is 28.4 Å². The highest BCUT2D eigenvalue weighted by molar-refractivity contribution is 5.20. The highest BCUT2D eigenvalue weighted by Crippen LogP contribution is 2.30. The molecule has 0 amide bonds. The maximum atomic E-state index is 6.04. The third-order valence-corrected chi connectivity index (χ3v) is 3.89. The van der Waals surface area contributed by atoms with Crippen molar-refractivity contribution in [2.24, 2.45) is 5.92 Å². The summed E-state index contributed by atoms with van der Waals surface area (Å²) in [6.07, 6.45) is 2.82. The van der Waals surface area contributed by atoms with E-state index in [9.17, 15) is 0 Å². The number of nitrogens with zero attached hydrogens (tertiary/aromatic N) is 1. The van der Waals surface area contributed by atoms with Gasteiger partial charge in [-0.3, -0.25) is 4.90 Å². The smallest absolute Gasteiger partial charge is 0.120 e. The van der Waals surface area contributed by atoms with E-state index in [1.807, 2.05) is 0 Å². The quantitative estimate of drug-likeness (QED) is 0.824. The third-order valence-electron chi connectivity index (χ3n) is 3.89. The summed E-state index contributed by atoms with van der Waals surface area (Å²) < 4.78 is 6.04. The first-order valence-electron chi connectivity index (χ1n) is 7.93. The van der Waals surface area contributed by atoms with E-state index in [-0.39, 0.29) is 5.54 Å². The van der Waals surface area contributed by atoms with Crippen molar-refractivity contribution in [2.45, 2.75) is 66.1 Å². The number of aryl methyl sites for hydroxylation is 1. The van der Waals surface area contributed by atoms with Crippen LogP contribution in [0.25, 0.3) is 0 Å². The minimum atomic E-state index is 0.126. The lowest BCUT2D eigenvalue weighted by atomic mass is 10.1. The summed E-state index contributed by atoms with van der Waals surface area (Å²) in [5, 5.41) is 3.49. The number of hydrogen-bond acceptors (Lipinski definition) is 3. The second kappa shape index (κ2) is 6.31. The van der Waals surface area contributed by atoms with E-state index in [2.05, 4.69) is 50.9 Å². The van der Waals surface area contributed by atoms with Crippen LogP contribution in [0.5, 0.6) is 0 Å². The molecule has 0 spiro atoms. The van der Waals surface area contributed by atoms with E-state index in [0.717, 1.165) is 37.1 Å². The fourth-order valence-electron chi connectivity index (χ4n) is 2.38. The Morgan fingerprint density at radius 2 is 2.05 bits per heavy atom. The van der Waals surface area contributed by atoms with Gasteiger partial charge in [-0.15, -0.1) is 0 Å². The zero-order chi connectivity index (χ0) is 14.8. The van der Waals surface area contributed by atoms with Crippen LogP contribution in [-0.4, -0.2) is 23.5 Å². The van der Waals surface area contributed by atoms with E-state index in [1.54, 1.807) is 0 Å². The van der Waals surface area contributed by atoms with Crippen molar-refractivity contribution >= 4 is 0 Å². The van der Waals surface area contributed by atoms with Crippen LogP contribution < -0.4 is 5.32 Å². The zero-order valence-electron chi connectivity index (χ0n) is 13.8. The Morgan fingerprint density at radius 1 is 1.35 bits per heavy atom. The van der Waals surface area contributed by atoms with Gasteiger partial charge in [0.2, 0.25) is 0 Å². The van der Waals surface area contributed by atoms with Gasteiger partial charge in [-0.2, -0.15) is 0 Å². The van der Waals surface area contributed by atoms with Crippen LogP contribution in [0.1, 0.15) is 57.6 Å². The predicted octanol–water partition coefficient (Wildman–Crippen LogP) is 3.71. The van der Waals surface area contributed by atoms with E-state index < -0.39 is 0 Å². The number of rotatable bonds is 7. The van der Waals surface area contributed by atoms with E-state index in [0.29, 0.717) is 0 Å². The minimum absolute atomic E-state index is 0.126. The van der Waals surface area contributed by atoms with Gasteiger partial charge in [-0.25, -0.2) is 0 Å². The molecule has 1 aromatic heterocycles. The fraction of sp³-hybridized carbons (Fsp3) is 0.765. The summed E-state index contributed by atoms with van der Waals surface area (Å²) in [6, 6.07) is 2.20. The molecular formula is C17H30N2O. The van der Waals surface area contributed by atoms with Crippen LogP contribution in [-0.2, 0) is 13.1 Å². The van der Waals surface area contributed by atoms with Gasteiger partial charge >= 0.3 is 0 Å². The number of furan rings is 1. The summed E-state index contributed by atoms with van der Waals surface area (Å²) in [5.41, 5.74) is 1.39. The van der Waals surface area contributed by atoms with Gasteiger partial charge in [0, 0.05) is 12.1 Å². The summed E-state index contributed by atoms with van der Waals surface area (Å²) >= 11 is 0. The van der Waals surface area contributed by atoms with Crippen molar-refractivity contribution in [1.82, 2.24) is 10.2 Å². The Labute approximate surface area is 123 Å². The van der Waals surface area contributed by atoms with Gasteiger partial charge in [-0.05, 0) is 64.6 Å². The van der Waals surface area contributed by atoms with Gasteiger partial charge in [0.25, 0.3) is 0 Å². The summed E-state index contributed by atoms with van der Waals surface area (Å²) in [7, 11) is 0. The second-order valence-corrected chi connectivity index (χ2v) is 7.19. The molecule has 1 aliphatic carbocycles. The Balaban J connectivity index is 1.91. The molecule has 3 nitrogen and oxygen atoms in total. The first kappa shape index (κ1) is 15.6. The molecule has 0 saturated heterocycles. The molecule has 0 atom stereocenters. The number of hydrogen-bond donors (Lipinski definition) is 1. The standard InChI is InChI=1S/C17H30N2O/c1-6-19(11-14-7-8-14)12-15-9-13(2)16(20-15)10-18-17(3,4)5/h9,14,18H,6-8,10-12H2,1-5H3. The van der Waals surface area contributed by atoms with Crippen molar-refractivity contribution < 1.29 is 4.42 Å². The van der Waals surface area contributed by atoms with Crippen LogP contribution >= 0.6 is 0 Å². The van der Waals surface area contributed by atoms with Crippen LogP contribution in [0.3, 0.4) is 0 Å². The van der Waals surface area contributed by atoms with Crippen molar-refractivity contribution in [1.29, 1.82) is 0 Å². The molecule has 1 aromatic rings. The highest BCUT2D eigenvalue weighted by atomic mass is 16.3. The molecule has 1 aliphatic rings. The summed E-state index contributed by atoms with van der Waals surface area (Å²) in [6.45, 7) is 15.0. The molecule has 1 heterocycles. The third kappa shape index (κ3) is 4.95. The zero-order valence-corrected chi connectivity index (χ0v) is 13.8. The summed E-state index contributed by atoms with van der Waals surface area (Å²) in [5.74, 6) is 3.13. The van der Waals surface area contributed by atoms with Crippen LogP contribution in [0.15, 0.2) is 10.5 Å². The van der Waals surface area contributed by atoms with E-state index in [1.165, 1.54) is 24.9 Å². The van der Waals surface area contributed by atoms with Crippen LogP contribution in [0, 0.1) is 12.8 Å². The molecule has 1 fully saturated rings. The minimum Gasteiger partial charge on any atom is -0.463 e.